The molecule has 0 saturated carbocycles. The molecule has 6 heteroatoms. The average molecular weight is 332 g/mol. The first kappa shape index (κ1) is 15.1. The fourth-order valence-electron chi connectivity index (χ4n) is 3.30. The number of aliphatic carboxylic acids is 1. The van der Waals surface area contributed by atoms with Crippen LogP contribution in [0.15, 0.2) is 48.8 Å². The third-order valence-electron chi connectivity index (χ3n) is 4.42. The summed E-state index contributed by atoms with van der Waals surface area (Å²) >= 11 is 0. The van der Waals surface area contributed by atoms with E-state index in [1.165, 1.54) is 11.9 Å². The first-order valence-electron chi connectivity index (χ1n) is 7.86. The van der Waals surface area contributed by atoms with Gasteiger partial charge in [-0.2, -0.15) is 0 Å². The van der Waals surface area contributed by atoms with Crippen molar-refractivity contribution in [1.29, 1.82) is 0 Å². The highest BCUT2D eigenvalue weighted by atomic mass is 16.4. The molecule has 0 fully saturated rings. The molecule has 0 unspecified atom stereocenters. The Balaban J connectivity index is 2.07. The fraction of sp³-hybridized carbons (Fsp3) is 0.105. The minimum absolute atomic E-state index is 0.180. The van der Waals surface area contributed by atoms with E-state index >= 15 is 0 Å². The molecular formula is C19H16N4O2. The van der Waals surface area contributed by atoms with E-state index in [0.717, 1.165) is 22.0 Å². The minimum Gasteiger partial charge on any atom is -0.480 e. The molecule has 0 saturated heterocycles. The Morgan fingerprint density at radius 3 is 2.76 bits per heavy atom. The number of carboxylic acid groups (broad SMARTS) is 1. The predicted molar refractivity (Wildman–Crippen MR) is 97.3 cm³/mol. The van der Waals surface area contributed by atoms with Gasteiger partial charge in [0, 0.05) is 5.39 Å². The average Bonchev–Trinajstić information content (AvgIpc) is 2.89. The van der Waals surface area contributed by atoms with Gasteiger partial charge in [-0.25, -0.2) is 9.97 Å². The lowest BCUT2D eigenvalue weighted by molar-refractivity contribution is -0.137. The van der Waals surface area contributed by atoms with Gasteiger partial charge in [0.1, 0.15) is 24.3 Å². The van der Waals surface area contributed by atoms with Crippen molar-refractivity contribution in [3.63, 3.8) is 0 Å². The second-order valence-corrected chi connectivity index (χ2v) is 5.98. The molecule has 0 aliphatic carbocycles. The Hall–Kier alpha value is -3.41. The molecule has 0 amide bonds. The van der Waals surface area contributed by atoms with E-state index in [-0.39, 0.29) is 6.54 Å². The zero-order chi connectivity index (χ0) is 17.6. The van der Waals surface area contributed by atoms with E-state index in [0.29, 0.717) is 16.9 Å². The van der Waals surface area contributed by atoms with Crippen LogP contribution in [0.2, 0.25) is 0 Å². The van der Waals surface area contributed by atoms with Crippen molar-refractivity contribution in [2.45, 2.75) is 13.5 Å². The van der Waals surface area contributed by atoms with Gasteiger partial charge >= 0.3 is 5.97 Å². The molecule has 124 valence electrons. The molecule has 2 aromatic carbocycles. The van der Waals surface area contributed by atoms with E-state index in [1.54, 1.807) is 4.57 Å². The number of nitrogens with zero attached hydrogens (tertiary/aromatic N) is 3. The maximum Gasteiger partial charge on any atom is 0.323 e. The number of carboxylic acids is 1. The maximum atomic E-state index is 11.3. The Morgan fingerprint density at radius 2 is 2.00 bits per heavy atom. The quantitative estimate of drug-likeness (QED) is 0.601. The number of hydrogen-bond donors (Lipinski definition) is 2. The van der Waals surface area contributed by atoms with E-state index in [4.69, 9.17) is 5.73 Å². The zero-order valence-corrected chi connectivity index (χ0v) is 13.6. The number of rotatable bonds is 3. The highest BCUT2D eigenvalue weighted by Crippen LogP contribution is 2.34. The molecular weight excluding hydrogens is 316 g/mol. The number of nitrogens with two attached hydrogens (primary N) is 1. The summed E-state index contributed by atoms with van der Waals surface area (Å²) < 4.78 is 1.66. The lowest BCUT2D eigenvalue weighted by Crippen LogP contribution is -2.09. The number of nitrogen functional groups attached to an aromatic ring is 1. The van der Waals surface area contributed by atoms with Gasteiger partial charge in [-0.05, 0) is 35.7 Å². The molecule has 3 N–H and O–H groups in total. The van der Waals surface area contributed by atoms with Crippen molar-refractivity contribution in [3.05, 3.63) is 54.4 Å². The summed E-state index contributed by atoms with van der Waals surface area (Å²) in [6, 6.07) is 14.1. The number of benzene rings is 2. The summed E-state index contributed by atoms with van der Waals surface area (Å²) in [4.78, 5) is 19.6. The van der Waals surface area contributed by atoms with Crippen molar-refractivity contribution in [2.24, 2.45) is 0 Å². The highest BCUT2D eigenvalue weighted by Gasteiger charge is 2.17. The van der Waals surface area contributed by atoms with Crippen LogP contribution in [0.25, 0.3) is 33.1 Å². The van der Waals surface area contributed by atoms with Crippen LogP contribution in [0.4, 0.5) is 5.82 Å². The molecule has 4 rings (SSSR count). The molecule has 0 radical (unpaired) electrons. The molecule has 0 aliphatic rings. The first-order valence-corrected chi connectivity index (χ1v) is 7.86. The van der Waals surface area contributed by atoms with Gasteiger partial charge in [0.2, 0.25) is 0 Å². The van der Waals surface area contributed by atoms with Gasteiger partial charge in [-0.1, -0.05) is 30.3 Å². The summed E-state index contributed by atoms with van der Waals surface area (Å²) in [5, 5.41) is 10.8. The monoisotopic (exact) mass is 332 g/mol. The number of fused-ring (bicyclic) bond motifs is 3. The van der Waals surface area contributed by atoms with Crippen LogP contribution in [0.3, 0.4) is 0 Å². The number of hydrogen-bond acceptors (Lipinski definition) is 4. The van der Waals surface area contributed by atoms with Gasteiger partial charge in [-0.15, -0.1) is 0 Å². The second-order valence-electron chi connectivity index (χ2n) is 5.98. The standard InChI is InChI=1S/C19H16N4O2/c1-11-4-2-3-5-13(11)12-6-7-15-14(8-12)17-18(20)21-10-22-19(17)23(15)9-16(24)25/h2-8,10H,9H2,1H3,(H,24,25)(H2,20,21,22). The number of anilines is 1. The van der Waals surface area contributed by atoms with E-state index in [1.807, 2.05) is 30.3 Å². The lowest BCUT2D eigenvalue weighted by Gasteiger charge is -2.07. The van der Waals surface area contributed by atoms with Crippen molar-refractivity contribution >= 4 is 33.7 Å². The topological polar surface area (TPSA) is 94.0 Å². The maximum absolute atomic E-state index is 11.3. The van der Waals surface area contributed by atoms with E-state index in [9.17, 15) is 9.90 Å². The minimum atomic E-state index is -0.932. The third kappa shape index (κ3) is 2.39. The van der Waals surface area contributed by atoms with Gasteiger partial charge in [0.05, 0.1) is 10.9 Å². The molecule has 0 atom stereocenters. The molecule has 0 bridgehead atoms. The Morgan fingerprint density at radius 1 is 1.20 bits per heavy atom. The molecule has 2 aromatic heterocycles. The zero-order valence-electron chi connectivity index (χ0n) is 13.6. The van der Waals surface area contributed by atoms with Gasteiger partial charge in [0.25, 0.3) is 0 Å². The Kier molecular flexibility index (Phi) is 3.39. The van der Waals surface area contributed by atoms with Crippen LogP contribution in [-0.2, 0) is 11.3 Å². The van der Waals surface area contributed by atoms with E-state index < -0.39 is 5.97 Å². The SMILES string of the molecule is Cc1ccccc1-c1ccc2c(c1)c1c(N)ncnc1n2CC(=O)O. The van der Waals surface area contributed by atoms with Gasteiger partial charge in [-0.3, -0.25) is 4.79 Å². The summed E-state index contributed by atoms with van der Waals surface area (Å²) in [5.74, 6) is -0.583. The van der Waals surface area contributed by atoms with Crippen molar-refractivity contribution in [3.8, 4) is 11.1 Å². The largest absolute Gasteiger partial charge is 0.480 e. The van der Waals surface area contributed by atoms with Crippen LogP contribution in [0.5, 0.6) is 0 Å². The Labute approximate surface area is 143 Å². The smallest absolute Gasteiger partial charge is 0.323 e. The van der Waals surface area contributed by atoms with Crippen molar-refractivity contribution in [1.82, 2.24) is 14.5 Å². The van der Waals surface area contributed by atoms with Crippen LogP contribution in [0.1, 0.15) is 5.56 Å². The van der Waals surface area contributed by atoms with Crippen LogP contribution in [-0.4, -0.2) is 25.6 Å². The van der Waals surface area contributed by atoms with Gasteiger partial charge in [0.15, 0.2) is 0 Å². The third-order valence-corrected chi connectivity index (χ3v) is 4.42. The molecule has 4 aromatic rings. The highest BCUT2D eigenvalue weighted by molar-refractivity contribution is 6.12. The van der Waals surface area contributed by atoms with Crippen LogP contribution < -0.4 is 5.73 Å². The molecule has 0 aliphatic heterocycles. The van der Waals surface area contributed by atoms with Gasteiger partial charge < -0.3 is 15.4 Å². The van der Waals surface area contributed by atoms with Crippen molar-refractivity contribution in [2.75, 3.05) is 5.73 Å². The number of aromatic nitrogens is 3. The molecule has 6 nitrogen and oxygen atoms in total. The normalized spacial score (nSPS) is 11.2. The first-order chi connectivity index (χ1) is 12.1. The lowest BCUT2D eigenvalue weighted by atomic mass is 9.99. The Bertz CT molecular complexity index is 1130. The molecule has 0 spiro atoms. The molecule has 2 heterocycles. The van der Waals surface area contributed by atoms with Crippen LogP contribution >= 0.6 is 0 Å². The fourth-order valence-corrected chi connectivity index (χ4v) is 3.30. The van der Waals surface area contributed by atoms with Crippen molar-refractivity contribution < 1.29 is 9.90 Å². The van der Waals surface area contributed by atoms with E-state index in [2.05, 4.69) is 29.0 Å². The molecule has 25 heavy (non-hydrogen) atoms. The number of carbonyl (C=O) groups is 1. The summed E-state index contributed by atoms with van der Waals surface area (Å²) in [6.07, 6.45) is 1.36. The summed E-state index contributed by atoms with van der Waals surface area (Å²) in [6.45, 7) is 1.88. The second kappa shape index (κ2) is 5.59. The number of aryl methyl sites for hydroxylation is 1. The summed E-state index contributed by atoms with van der Waals surface area (Å²) in [7, 11) is 0. The predicted octanol–water partition coefficient (Wildman–Crippen LogP) is 3.23. The summed E-state index contributed by atoms with van der Waals surface area (Å²) in [5.41, 5.74) is 10.7. The van der Waals surface area contributed by atoms with Crippen LogP contribution in [0, 0.1) is 6.92 Å².